The Morgan fingerprint density at radius 3 is 2.80 bits per heavy atom. The predicted octanol–water partition coefficient (Wildman–Crippen LogP) is 2.41. The van der Waals surface area contributed by atoms with Crippen LogP contribution in [0.5, 0.6) is 0 Å². The summed E-state index contributed by atoms with van der Waals surface area (Å²) in [6.45, 7) is 5.65. The molecule has 2 rings (SSSR count). The van der Waals surface area contributed by atoms with Gasteiger partial charge in [-0.05, 0) is 44.1 Å². The highest BCUT2D eigenvalue weighted by atomic mass is 19.1. The molecule has 1 fully saturated rings. The second kappa shape index (κ2) is 7.72. The van der Waals surface area contributed by atoms with Gasteiger partial charge in [-0.3, -0.25) is 4.90 Å². The van der Waals surface area contributed by atoms with Gasteiger partial charge in [0.1, 0.15) is 5.82 Å². The molecular formula is C16H25FN2O. The minimum atomic E-state index is -0.181. The summed E-state index contributed by atoms with van der Waals surface area (Å²) in [5, 5.41) is 3.62. The number of ether oxygens (including phenoxy) is 1. The fourth-order valence-corrected chi connectivity index (χ4v) is 2.72. The molecule has 0 radical (unpaired) electrons. The van der Waals surface area contributed by atoms with Crippen molar-refractivity contribution in [3.8, 4) is 0 Å². The Morgan fingerprint density at radius 1 is 1.35 bits per heavy atom. The van der Waals surface area contributed by atoms with Crippen LogP contribution in [-0.2, 0) is 11.3 Å². The van der Waals surface area contributed by atoms with E-state index in [0.717, 1.165) is 44.7 Å². The van der Waals surface area contributed by atoms with E-state index in [1.165, 1.54) is 12.1 Å². The Hall–Kier alpha value is -0.970. The van der Waals surface area contributed by atoms with Gasteiger partial charge in [0.05, 0.1) is 6.61 Å². The maximum Gasteiger partial charge on any atom is 0.123 e. The second-order valence-corrected chi connectivity index (χ2v) is 5.53. The molecule has 3 nitrogen and oxygen atoms in total. The number of benzene rings is 1. The summed E-state index contributed by atoms with van der Waals surface area (Å²) in [5.74, 6) is -0.181. The van der Waals surface area contributed by atoms with Gasteiger partial charge in [-0.25, -0.2) is 4.39 Å². The van der Waals surface area contributed by atoms with Crippen LogP contribution in [0.2, 0.25) is 0 Å². The fraction of sp³-hybridized carbons (Fsp3) is 0.625. The Kier molecular flexibility index (Phi) is 5.95. The molecular weight excluding hydrogens is 255 g/mol. The van der Waals surface area contributed by atoms with Crippen molar-refractivity contribution < 1.29 is 9.13 Å². The summed E-state index contributed by atoms with van der Waals surface area (Å²) in [6, 6.07) is 7.60. The first-order chi connectivity index (χ1) is 9.70. The molecule has 0 saturated carbocycles. The van der Waals surface area contributed by atoms with Crippen molar-refractivity contribution in [2.24, 2.45) is 0 Å². The lowest BCUT2D eigenvalue weighted by molar-refractivity contribution is 0.00349. The highest BCUT2D eigenvalue weighted by Crippen LogP contribution is 2.16. The molecule has 1 saturated heterocycles. The van der Waals surface area contributed by atoms with Crippen molar-refractivity contribution in [2.45, 2.75) is 38.4 Å². The topological polar surface area (TPSA) is 24.5 Å². The molecule has 1 heterocycles. The summed E-state index contributed by atoms with van der Waals surface area (Å²) >= 11 is 0. The minimum Gasteiger partial charge on any atom is -0.380 e. The molecule has 1 N–H and O–H groups in total. The maximum atomic E-state index is 12.9. The Labute approximate surface area is 121 Å². The second-order valence-electron chi connectivity index (χ2n) is 5.53. The molecule has 0 aliphatic carbocycles. The maximum absolute atomic E-state index is 12.9. The zero-order valence-corrected chi connectivity index (χ0v) is 12.4. The van der Waals surface area contributed by atoms with Crippen LogP contribution in [0, 0.1) is 5.82 Å². The third-order valence-corrected chi connectivity index (χ3v) is 3.89. The average Bonchev–Trinajstić information content (AvgIpc) is 2.47. The molecule has 2 unspecified atom stereocenters. The number of hydrogen-bond acceptors (Lipinski definition) is 3. The SMILES string of the molecule is CCCNC1CCOCC1N(C)Cc1ccc(F)cc1. The van der Waals surface area contributed by atoms with Crippen LogP contribution in [0.3, 0.4) is 0 Å². The first-order valence-corrected chi connectivity index (χ1v) is 7.46. The van der Waals surface area contributed by atoms with Gasteiger partial charge in [-0.15, -0.1) is 0 Å². The van der Waals surface area contributed by atoms with Gasteiger partial charge in [-0.1, -0.05) is 19.1 Å². The van der Waals surface area contributed by atoms with E-state index in [1.807, 2.05) is 12.1 Å². The molecule has 20 heavy (non-hydrogen) atoms. The molecule has 1 aliphatic heterocycles. The molecule has 0 amide bonds. The quantitative estimate of drug-likeness (QED) is 0.866. The lowest BCUT2D eigenvalue weighted by Crippen LogP contribution is -2.54. The summed E-state index contributed by atoms with van der Waals surface area (Å²) < 4.78 is 18.6. The summed E-state index contributed by atoms with van der Waals surface area (Å²) in [5.41, 5.74) is 1.13. The fourth-order valence-electron chi connectivity index (χ4n) is 2.72. The number of rotatable bonds is 6. The molecule has 112 valence electrons. The van der Waals surface area contributed by atoms with Crippen LogP contribution in [0.25, 0.3) is 0 Å². The molecule has 1 aliphatic rings. The predicted molar refractivity (Wildman–Crippen MR) is 79.2 cm³/mol. The number of hydrogen-bond donors (Lipinski definition) is 1. The summed E-state index contributed by atoms with van der Waals surface area (Å²) in [7, 11) is 2.11. The Bertz CT molecular complexity index is 396. The summed E-state index contributed by atoms with van der Waals surface area (Å²) in [4.78, 5) is 2.31. The monoisotopic (exact) mass is 280 g/mol. The largest absolute Gasteiger partial charge is 0.380 e. The van der Waals surface area contributed by atoms with Crippen molar-refractivity contribution in [1.29, 1.82) is 0 Å². The third-order valence-electron chi connectivity index (χ3n) is 3.89. The van der Waals surface area contributed by atoms with E-state index in [0.29, 0.717) is 12.1 Å². The van der Waals surface area contributed by atoms with Gasteiger partial charge in [-0.2, -0.15) is 0 Å². The van der Waals surface area contributed by atoms with Crippen LogP contribution in [0.15, 0.2) is 24.3 Å². The Balaban J connectivity index is 1.94. The van der Waals surface area contributed by atoms with E-state index in [2.05, 4.69) is 24.2 Å². The molecule has 2 atom stereocenters. The summed E-state index contributed by atoms with van der Waals surface area (Å²) in [6.07, 6.45) is 2.20. The van der Waals surface area contributed by atoms with Crippen molar-refractivity contribution >= 4 is 0 Å². The molecule has 0 spiro atoms. The molecule has 0 aromatic heterocycles. The number of nitrogens with zero attached hydrogens (tertiary/aromatic N) is 1. The standard InChI is InChI=1S/C16H25FN2O/c1-3-9-18-15-8-10-20-12-16(15)19(2)11-13-4-6-14(17)7-5-13/h4-7,15-16,18H,3,8-12H2,1-2H3. The van der Waals surface area contributed by atoms with Gasteiger partial charge in [0, 0.05) is 25.2 Å². The Morgan fingerprint density at radius 2 is 2.10 bits per heavy atom. The van der Waals surface area contributed by atoms with E-state index < -0.39 is 0 Å². The number of likely N-dealkylation sites (N-methyl/N-ethyl adjacent to an activating group) is 1. The lowest BCUT2D eigenvalue weighted by Gasteiger charge is -2.38. The zero-order valence-electron chi connectivity index (χ0n) is 12.4. The first-order valence-electron chi connectivity index (χ1n) is 7.46. The molecule has 4 heteroatoms. The van der Waals surface area contributed by atoms with E-state index in [9.17, 15) is 4.39 Å². The van der Waals surface area contributed by atoms with Crippen LogP contribution < -0.4 is 5.32 Å². The highest BCUT2D eigenvalue weighted by molar-refractivity contribution is 5.16. The van der Waals surface area contributed by atoms with Crippen LogP contribution in [-0.4, -0.2) is 43.8 Å². The van der Waals surface area contributed by atoms with Crippen molar-refractivity contribution in [3.05, 3.63) is 35.6 Å². The average molecular weight is 280 g/mol. The molecule has 1 aromatic carbocycles. The third kappa shape index (κ3) is 4.27. The number of nitrogens with one attached hydrogen (secondary N) is 1. The van der Waals surface area contributed by atoms with Crippen LogP contribution in [0.4, 0.5) is 4.39 Å². The normalized spacial score (nSPS) is 23.2. The van der Waals surface area contributed by atoms with E-state index >= 15 is 0 Å². The van der Waals surface area contributed by atoms with E-state index in [1.54, 1.807) is 0 Å². The first kappa shape index (κ1) is 15.4. The van der Waals surface area contributed by atoms with Gasteiger partial charge in [0.2, 0.25) is 0 Å². The van der Waals surface area contributed by atoms with Gasteiger partial charge in [0.15, 0.2) is 0 Å². The van der Waals surface area contributed by atoms with Crippen molar-refractivity contribution in [2.75, 3.05) is 26.8 Å². The molecule has 0 bridgehead atoms. The van der Waals surface area contributed by atoms with Crippen molar-refractivity contribution in [1.82, 2.24) is 10.2 Å². The van der Waals surface area contributed by atoms with Gasteiger partial charge in [0.25, 0.3) is 0 Å². The minimum absolute atomic E-state index is 0.181. The smallest absolute Gasteiger partial charge is 0.123 e. The highest BCUT2D eigenvalue weighted by Gasteiger charge is 2.28. The van der Waals surface area contributed by atoms with Gasteiger partial charge < -0.3 is 10.1 Å². The molecule has 1 aromatic rings. The van der Waals surface area contributed by atoms with Gasteiger partial charge >= 0.3 is 0 Å². The van der Waals surface area contributed by atoms with E-state index in [4.69, 9.17) is 4.74 Å². The number of halogens is 1. The van der Waals surface area contributed by atoms with Crippen LogP contribution in [0.1, 0.15) is 25.3 Å². The lowest BCUT2D eigenvalue weighted by atomic mass is 10.0. The zero-order chi connectivity index (χ0) is 14.4. The van der Waals surface area contributed by atoms with Crippen molar-refractivity contribution in [3.63, 3.8) is 0 Å². The van der Waals surface area contributed by atoms with E-state index in [-0.39, 0.29) is 5.82 Å². The van der Waals surface area contributed by atoms with Crippen LogP contribution >= 0.6 is 0 Å².